The van der Waals surface area contributed by atoms with Crippen molar-refractivity contribution in [2.45, 2.75) is 18.9 Å². The van der Waals surface area contributed by atoms with Crippen molar-refractivity contribution in [3.05, 3.63) is 28.7 Å². The lowest BCUT2D eigenvalue weighted by molar-refractivity contribution is -0.119. The minimum atomic E-state index is -0.487. The van der Waals surface area contributed by atoms with Crippen LogP contribution in [0.15, 0.2) is 27.4 Å². The second kappa shape index (κ2) is 4.55. The van der Waals surface area contributed by atoms with Gasteiger partial charge >= 0.3 is 5.76 Å². The van der Waals surface area contributed by atoms with E-state index in [1.165, 1.54) is 0 Å². The highest BCUT2D eigenvalue weighted by molar-refractivity contribution is 5.98. The summed E-state index contributed by atoms with van der Waals surface area (Å²) in [5.74, 6) is -0.451. The third-order valence-corrected chi connectivity index (χ3v) is 3.48. The lowest BCUT2D eigenvalue weighted by Gasteiger charge is -2.21. The zero-order valence-corrected chi connectivity index (χ0v) is 10.6. The average molecular weight is 261 g/mol. The van der Waals surface area contributed by atoms with Crippen LogP contribution in [0.25, 0.3) is 11.1 Å². The van der Waals surface area contributed by atoms with E-state index in [9.17, 15) is 9.59 Å². The van der Waals surface area contributed by atoms with Crippen molar-refractivity contribution in [3.63, 3.8) is 0 Å². The van der Waals surface area contributed by atoms with Gasteiger partial charge in [0.15, 0.2) is 5.58 Å². The van der Waals surface area contributed by atoms with Gasteiger partial charge in [-0.15, -0.1) is 0 Å². The summed E-state index contributed by atoms with van der Waals surface area (Å²) in [6.07, 6.45) is 1.89. The van der Waals surface area contributed by atoms with Gasteiger partial charge in [-0.2, -0.15) is 0 Å². The molecule has 1 saturated heterocycles. The van der Waals surface area contributed by atoms with Crippen LogP contribution in [-0.4, -0.2) is 30.5 Å². The molecule has 1 unspecified atom stereocenters. The van der Waals surface area contributed by atoms with Gasteiger partial charge in [-0.1, -0.05) is 0 Å². The Morgan fingerprint density at radius 1 is 1.47 bits per heavy atom. The van der Waals surface area contributed by atoms with Crippen LogP contribution in [0.1, 0.15) is 12.8 Å². The molecule has 2 N–H and O–H groups in total. The molecule has 0 aliphatic carbocycles. The van der Waals surface area contributed by atoms with Crippen LogP contribution < -0.4 is 16.0 Å². The van der Waals surface area contributed by atoms with Crippen molar-refractivity contribution in [2.24, 2.45) is 0 Å². The number of likely N-dealkylation sites (N-methyl/N-ethyl adjacent to an activating group) is 1. The molecular weight excluding hydrogens is 246 g/mol. The standard InChI is InChI=1S/C13H15N3O3/c1-16(12(17)10-3-2-6-14-10)8-4-5-9-11(7-8)19-13(18)15-9/h4-5,7,10,14H,2-3,6H2,1H3,(H,15,18). The van der Waals surface area contributed by atoms with Crippen molar-refractivity contribution in [2.75, 3.05) is 18.5 Å². The van der Waals surface area contributed by atoms with Gasteiger partial charge in [0.1, 0.15) is 0 Å². The van der Waals surface area contributed by atoms with Crippen LogP contribution in [0.4, 0.5) is 5.69 Å². The second-order valence-electron chi connectivity index (χ2n) is 4.74. The van der Waals surface area contributed by atoms with Gasteiger partial charge in [0.05, 0.1) is 11.6 Å². The Hall–Kier alpha value is -2.08. The van der Waals surface area contributed by atoms with Crippen LogP contribution >= 0.6 is 0 Å². The van der Waals surface area contributed by atoms with E-state index in [0.29, 0.717) is 16.8 Å². The molecule has 6 nitrogen and oxygen atoms in total. The lowest BCUT2D eigenvalue weighted by Crippen LogP contribution is -2.41. The highest BCUT2D eigenvalue weighted by Crippen LogP contribution is 2.21. The van der Waals surface area contributed by atoms with Gasteiger partial charge in [-0.05, 0) is 31.5 Å². The molecule has 19 heavy (non-hydrogen) atoms. The van der Waals surface area contributed by atoms with E-state index in [4.69, 9.17) is 4.42 Å². The quantitative estimate of drug-likeness (QED) is 0.839. The summed E-state index contributed by atoms with van der Waals surface area (Å²) in [5, 5.41) is 3.18. The number of anilines is 1. The Bertz CT molecular complexity index is 667. The van der Waals surface area contributed by atoms with Crippen molar-refractivity contribution in [1.29, 1.82) is 0 Å². The third kappa shape index (κ3) is 2.15. The molecule has 1 atom stereocenters. The fourth-order valence-corrected chi connectivity index (χ4v) is 2.40. The van der Waals surface area contributed by atoms with E-state index < -0.39 is 5.76 Å². The van der Waals surface area contributed by atoms with Gasteiger partial charge in [-0.3, -0.25) is 9.78 Å². The maximum atomic E-state index is 12.3. The highest BCUT2D eigenvalue weighted by Gasteiger charge is 2.25. The molecule has 6 heteroatoms. The Labute approximate surface area is 109 Å². The SMILES string of the molecule is CN(C(=O)C1CCCN1)c1ccc2[nH]c(=O)oc2c1. The number of amides is 1. The van der Waals surface area contributed by atoms with Gasteiger partial charge < -0.3 is 14.6 Å². The van der Waals surface area contributed by atoms with Crippen LogP contribution in [0, 0.1) is 0 Å². The van der Waals surface area contributed by atoms with Gasteiger partial charge in [0.2, 0.25) is 5.91 Å². The number of hydrogen-bond donors (Lipinski definition) is 2. The topological polar surface area (TPSA) is 78.3 Å². The van der Waals surface area contributed by atoms with Gasteiger partial charge in [0, 0.05) is 18.8 Å². The second-order valence-corrected chi connectivity index (χ2v) is 4.74. The first-order chi connectivity index (χ1) is 9.15. The zero-order chi connectivity index (χ0) is 13.4. The number of carbonyl (C=O) groups excluding carboxylic acids is 1. The molecule has 0 spiro atoms. The van der Waals surface area contributed by atoms with Crippen LogP contribution in [-0.2, 0) is 4.79 Å². The fourth-order valence-electron chi connectivity index (χ4n) is 2.40. The zero-order valence-electron chi connectivity index (χ0n) is 10.6. The third-order valence-electron chi connectivity index (χ3n) is 3.48. The Morgan fingerprint density at radius 3 is 3.05 bits per heavy atom. The molecule has 1 aromatic heterocycles. The van der Waals surface area contributed by atoms with E-state index in [2.05, 4.69) is 10.3 Å². The molecule has 1 fully saturated rings. The number of nitrogens with zero attached hydrogens (tertiary/aromatic N) is 1. The molecule has 0 radical (unpaired) electrons. The summed E-state index contributed by atoms with van der Waals surface area (Å²) in [6.45, 7) is 0.885. The predicted octanol–water partition coefficient (Wildman–Crippen LogP) is 0.836. The number of oxazole rings is 1. The van der Waals surface area contributed by atoms with E-state index in [-0.39, 0.29) is 11.9 Å². The number of aromatic nitrogens is 1. The monoisotopic (exact) mass is 261 g/mol. The molecule has 0 bridgehead atoms. The number of nitrogens with one attached hydrogen (secondary N) is 2. The first-order valence-corrected chi connectivity index (χ1v) is 6.29. The number of rotatable bonds is 2. The Balaban J connectivity index is 1.89. The summed E-state index contributed by atoms with van der Waals surface area (Å²) >= 11 is 0. The number of H-pyrrole nitrogens is 1. The van der Waals surface area contributed by atoms with Crippen molar-refractivity contribution in [1.82, 2.24) is 10.3 Å². The summed E-state index contributed by atoms with van der Waals surface area (Å²) in [4.78, 5) is 27.5. The molecule has 1 aliphatic rings. The molecule has 0 saturated carbocycles. The molecular formula is C13H15N3O3. The summed E-state index contributed by atoms with van der Waals surface area (Å²) in [6, 6.07) is 5.11. The minimum Gasteiger partial charge on any atom is -0.408 e. The van der Waals surface area contributed by atoms with E-state index in [1.807, 2.05) is 0 Å². The molecule has 2 heterocycles. The summed E-state index contributed by atoms with van der Waals surface area (Å²) in [7, 11) is 1.73. The first kappa shape index (κ1) is 12.0. The number of carbonyl (C=O) groups is 1. The number of fused-ring (bicyclic) bond motifs is 1. The number of aromatic amines is 1. The smallest absolute Gasteiger partial charge is 0.408 e. The minimum absolute atomic E-state index is 0.0368. The lowest BCUT2D eigenvalue weighted by atomic mass is 10.2. The number of hydrogen-bond acceptors (Lipinski definition) is 4. The van der Waals surface area contributed by atoms with Gasteiger partial charge in [-0.25, -0.2) is 4.79 Å². The normalized spacial score (nSPS) is 18.9. The van der Waals surface area contributed by atoms with E-state index in [0.717, 1.165) is 19.4 Å². The molecule has 100 valence electrons. The van der Waals surface area contributed by atoms with E-state index in [1.54, 1.807) is 30.1 Å². The maximum Gasteiger partial charge on any atom is 0.417 e. The largest absolute Gasteiger partial charge is 0.417 e. The van der Waals surface area contributed by atoms with Crippen LogP contribution in [0.5, 0.6) is 0 Å². The summed E-state index contributed by atoms with van der Waals surface area (Å²) < 4.78 is 5.00. The Morgan fingerprint density at radius 2 is 2.32 bits per heavy atom. The van der Waals surface area contributed by atoms with Crippen molar-refractivity contribution >= 4 is 22.7 Å². The van der Waals surface area contributed by atoms with Crippen LogP contribution in [0.3, 0.4) is 0 Å². The van der Waals surface area contributed by atoms with Crippen molar-refractivity contribution in [3.8, 4) is 0 Å². The fraction of sp³-hybridized carbons (Fsp3) is 0.385. The molecule has 2 aromatic rings. The van der Waals surface area contributed by atoms with Crippen LogP contribution in [0.2, 0.25) is 0 Å². The molecule has 1 aromatic carbocycles. The molecule has 1 aliphatic heterocycles. The maximum absolute atomic E-state index is 12.3. The molecule has 3 rings (SSSR count). The van der Waals surface area contributed by atoms with E-state index >= 15 is 0 Å². The highest BCUT2D eigenvalue weighted by atomic mass is 16.4. The first-order valence-electron chi connectivity index (χ1n) is 6.29. The van der Waals surface area contributed by atoms with Crippen molar-refractivity contribution < 1.29 is 9.21 Å². The number of benzene rings is 1. The Kier molecular flexibility index (Phi) is 2.87. The molecule has 1 amide bonds. The van der Waals surface area contributed by atoms with Gasteiger partial charge in [0.25, 0.3) is 0 Å². The predicted molar refractivity (Wildman–Crippen MR) is 71.3 cm³/mol. The average Bonchev–Trinajstić information content (AvgIpc) is 3.03. The summed E-state index contributed by atoms with van der Waals surface area (Å²) in [5.41, 5.74) is 1.81.